The number of sulfonamides is 1. The molecule has 1 saturated heterocycles. The van der Waals surface area contributed by atoms with Gasteiger partial charge in [-0.1, -0.05) is 20.8 Å². The Hall–Kier alpha value is -0.850. The number of nitrogens with one attached hydrogen (secondary N) is 2. The number of piperidine rings is 1. The summed E-state index contributed by atoms with van der Waals surface area (Å²) in [5.74, 6) is 0.848. The van der Waals surface area contributed by atoms with Crippen LogP contribution in [0.3, 0.4) is 0 Å². The van der Waals surface area contributed by atoms with Gasteiger partial charge in [0.05, 0.1) is 4.90 Å². The Morgan fingerprint density at radius 1 is 1.33 bits per heavy atom. The summed E-state index contributed by atoms with van der Waals surface area (Å²) in [4.78, 5) is 3.45. The Bertz CT molecular complexity index is 543. The smallest absolute Gasteiger partial charge is 0.244 e. The van der Waals surface area contributed by atoms with Crippen LogP contribution in [0.4, 0.5) is 0 Å². The van der Waals surface area contributed by atoms with Gasteiger partial charge in [0.15, 0.2) is 0 Å². The molecule has 0 aliphatic carbocycles. The van der Waals surface area contributed by atoms with Crippen molar-refractivity contribution in [3.63, 3.8) is 0 Å². The van der Waals surface area contributed by atoms with Crippen molar-refractivity contribution in [1.82, 2.24) is 14.6 Å². The van der Waals surface area contributed by atoms with Gasteiger partial charge in [-0.05, 0) is 37.3 Å². The third-order valence-electron chi connectivity index (χ3n) is 3.93. The van der Waals surface area contributed by atoms with Crippen LogP contribution in [0.15, 0.2) is 17.2 Å². The first-order chi connectivity index (χ1) is 9.93. The predicted molar refractivity (Wildman–Crippen MR) is 84.5 cm³/mol. The van der Waals surface area contributed by atoms with Crippen molar-refractivity contribution in [3.8, 4) is 0 Å². The third kappa shape index (κ3) is 4.08. The molecule has 5 nitrogen and oxygen atoms in total. The molecule has 0 bridgehead atoms. The molecular weight excluding hydrogens is 286 g/mol. The van der Waals surface area contributed by atoms with Crippen LogP contribution >= 0.6 is 0 Å². The number of nitrogens with zero attached hydrogens (tertiary/aromatic N) is 1. The molecule has 0 radical (unpaired) electrons. The van der Waals surface area contributed by atoms with Gasteiger partial charge in [-0.25, -0.2) is 8.42 Å². The first kappa shape index (κ1) is 16.5. The van der Waals surface area contributed by atoms with E-state index in [1.165, 1.54) is 0 Å². The minimum absolute atomic E-state index is 0.386. The normalized spacial score (nSPS) is 24.3. The predicted octanol–water partition coefficient (Wildman–Crippen LogP) is 2.18. The summed E-state index contributed by atoms with van der Waals surface area (Å²) in [5, 5.41) is 3.27. The molecule has 0 aromatic carbocycles. The molecule has 2 unspecified atom stereocenters. The average Bonchev–Trinajstić information content (AvgIpc) is 2.87. The first-order valence-electron chi connectivity index (χ1n) is 7.81. The summed E-state index contributed by atoms with van der Waals surface area (Å²) >= 11 is 0. The fourth-order valence-corrected chi connectivity index (χ4v) is 4.72. The van der Waals surface area contributed by atoms with E-state index >= 15 is 0 Å². The van der Waals surface area contributed by atoms with E-state index in [1.54, 1.807) is 16.6 Å². The molecule has 0 spiro atoms. The molecule has 1 aromatic heterocycles. The molecule has 0 amide bonds. The second-order valence-electron chi connectivity index (χ2n) is 6.31. The zero-order chi connectivity index (χ0) is 15.5. The van der Waals surface area contributed by atoms with E-state index in [9.17, 15) is 8.42 Å². The number of aromatic nitrogens is 1. The Balaban J connectivity index is 2.08. The molecule has 6 heteroatoms. The van der Waals surface area contributed by atoms with Gasteiger partial charge in [0.1, 0.15) is 0 Å². The number of rotatable bonds is 6. The van der Waals surface area contributed by atoms with Crippen molar-refractivity contribution in [1.29, 1.82) is 0 Å². The van der Waals surface area contributed by atoms with Crippen LogP contribution in [0.5, 0.6) is 0 Å². The second kappa shape index (κ2) is 6.94. The zero-order valence-corrected chi connectivity index (χ0v) is 14.0. The monoisotopic (exact) mass is 313 g/mol. The van der Waals surface area contributed by atoms with Crippen molar-refractivity contribution in [2.24, 2.45) is 11.8 Å². The topological polar surface area (TPSA) is 65.2 Å². The van der Waals surface area contributed by atoms with Crippen LogP contribution < -0.4 is 5.32 Å². The van der Waals surface area contributed by atoms with E-state index in [0.29, 0.717) is 36.4 Å². The van der Waals surface area contributed by atoms with E-state index in [4.69, 9.17) is 0 Å². The molecule has 2 atom stereocenters. The Kier molecular flexibility index (Phi) is 5.46. The lowest BCUT2D eigenvalue weighted by Gasteiger charge is -2.33. The minimum Gasteiger partial charge on any atom is -0.363 e. The van der Waals surface area contributed by atoms with Crippen LogP contribution in [0, 0.1) is 11.8 Å². The van der Waals surface area contributed by atoms with Gasteiger partial charge in [-0.3, -0.25) is 0 Å². The lowest BCUT2D eigenvalue weighted by atomic mass is 9.94. The highest BCUT2D eigenvalue weighted by Gasteiger charge is 2.32. The summed E-state index contributed by atoms with van der Waals surface area (Å²) in [7, 11) is -3.36. The van der Waals surface area contributed by atoms with Gasteiger partial charge in [0.25, 0.3) is 0 Å². The van der Waals surface area contributed by atoms with Crippen LogP contribution in [-0.2, 0) is 16.6 Å². The van der Waals surface area contributed by atoms with Gasteiger partial charge in [-0.2, -0.15) is 4.31 Å². The fourth-order valence-electron chi connectivity index (χ4n) is 3.02. The van der Waals surface area contributed by atoms with E-state index in [0.717, 1.165) is 25.1 Å². The molecule has 1 aliphatic heterocycles. The van der Waals surface area contributed by atoms with E-state index < -0.39 is 10.0 Å². The van der Waals surface area contributed by atoms with Crippen LogP contribution in [0.2, 0.25) is 0 Å². The van der Waals surface area contributed by atoms with E-state index in [2.05, 4.69) is 31.1 Å². The summed E-state index contributed by atoms with van der Waals surface area (Å²) in [6.07, 6.45) is 3.78. The zero-order valence-electron chi connectivity index (χ0n) is 13.2. The molecule has 2 rings (SSSR count). The Morgan fingerprint density at radius 2 is 2.00 bits per heavy atom. The van der Waals surface area contributed by atoms with Crippen molar-refractivity contribution in [2.45, 2.75) is 45.1 Å². The van der Waals surface area contributed by atoms with Crippen LogP contribution in [-0.4, -0.2) is 37.3 Å². The van der Waals surface area contributed by atoms with Gasteiger partial charge in [0.2, 0.25) is 10.0 Å². The van der Waals surface area contributed by atoms with Crippen molar-refractivity contribution >= 4 is 10.0 Å². The molecule has 2 N–H and O–H groups in total. The standard InChI is InChI=1S/C15H27N3O2S/c1-4-5-16-8-14-7-15(9-17-14)21(19,20)18-10-12(2)6-13(3)11-18/h7,9,12-13,16-17H,4-6,8,10-11H2,1-3H3. The number of hydrogen-bond acceptors (Lipinski definition) is 3. The highest BCUT2D eigenvalue weighted by atomic mass is 32.2. The number of aromatic amines is 1. The Labute approximate surface area is 128 Å². The van der Waals surface area contributed by atoms with E-state index in [-0.39, 0.29) is 0 Å². The molecular formula is C15H27N3O2S. The van der Waals surface area contributed by atoms with Gasteiger partial charge < -0.3 is 10.3 Å². The average molecular weight is 313 g/mol. The molecule has 120 valence electrons. The van der Waals surface area contributed by atoms with Crippen LogP contribution in [0.25, 0.3) is 0 Å². The molecule has 2 heterocycles. The minimum atomic E-state index is -3.36. The molecule has 1 aliphatic rings. The number of H-pyrrole nitrogens is 1. The quantitative estimate of drug-likeness (QED) is 0.791. The summed E-state index contributed by atoms with van der Waals surface area (Å²) < 4.78 is 27.1. The summed E-state index contributed by atoms with van der Waals surface area (Å²) in [6.45, 7) is 9.21. The maximum atomic E-state index is 12.7. The second-order valence-corrected chi connectivity index (χ2v) is 8.24. The summed E-state index contributed by atoms with van der Waals surface area (Å²) in [6, 6.07) is 1.75. The maximum absolute atomic E-state index is 12.7. The lowest BCUT2D eigenvalue weighted by molar-refractivity contribution is 0.222. The SMILES string of the molecule is CCCNCc1cc(S(=O)(=O)N2CC(C)CC(C)C2)c[nH]1. The Morgan fingerprint density at radius 3 is 2.62 bits per heavy atom. The number of hydrogen-bond donors (Lipinski definition) is 2. The molecule has 1 fully saturated rings. The van der Waals surface area contributed by atoms with E-state index in [1.807, 2.05) is 0 Å². The van der Waals surface area contributed by atoms with Gasteiger partial charge in [-0.15, -0.1) is 0 Å². The fraction of sp³-hybridized carbons (Fsp3) is 0.733. The highest BCUT2D eigenvalue weighted by molar-refractivity contribution is 7.89. The highest BCUT2D eigenvalue weighted by Crippen LogP contribution is 2.26. The van der Waals surface area contributed by atoms with Crippen molar-refractivity contribution in [2.75, 3.05) is 19.6 Å². The van der Waals surface area contributed by atoms with Crippen LogP contribution in [0.1, 0.15) is 39.3 Å². The maximum Gasteiger partial charge on any atom is 0.244 e. The molecule has 0 saturated carbocycles. The lowest BCUT2D eigenvalue weighted by Crippen LogP contribution is -2.42. The van der Waals surface area contributed by atoms with Gasteiger partial charge in [0, 0.05) is 31.5 Å². The van der Waals surface area contributed by atoms with Crippen molar-refractivity contribution in [3.05, 3.63) is 18.0 Å². The first-order valence-corrected chi connectivity index (χ1v) is 9.25. The largest absolute Gasteiger partial charge is 0.363 e. The summed E-state index contributed by atoms with van der Waals surface area (Å²) in [5.41, 5.74) is 0.917. The van der Waals surface area contributed by atoms with Crippen molar-refractivity contribution < 1.29 is 8.42 Å². The van der Waals surface area contributed by atoms with Gasteiger partial charge >= 0.3 is 0 Å². The molecule has 21 heavy (non-hydrogen) atoms. The third-order valence-corrected chi connectivity index (χ3v) is 5.74. The molecule has 1 aromatic rings.